The first-order valence-electron chi connectivity index (χ1n) is 9.16. The Morgan fingerprint density at radius 1 is 0.889 bits per heavy atom. The normalized spacial score (nSPS) is 10.6. The van der Waals surface area contributed by atoms with Crippen LogP contribution in [0.4, 0.5) is 5.69 Å². The first-order chi connectivity index (χ1) is 13.1. The fourth-order valence-electron chi connectivity index (χ4n) is 3.03. The van der Waals surface area contributed by atoms with Gasteiger partial charge in [0.1, 0.15) is 6.61 Å². The highest BCUT2D eigenvalue weighted by molar-refractivity contribution is 5.94. The molecule has 0 aliphatic rings. The number of anilines is 1. The molecule has 0 aliphatic carbocycles. The summed E-state index contributed by atoms with van der Waals surface area (Å²) < 4.78 is 5.75. The van der Waals surface area contributed by atoms with E-state index in [0.29, 0.717) is 13.2 Å². The van der Waals surface area contributed by atoms with Crippen LogP contribution < -0.4 is 4.90 Å². The van der Waals surface area contributed by atoms with Crippen molar-refractivity contribution < 1.29 is 9.53 Å². The number of nitrogens with zero attached hydrogens (tertiary/aromatic N) is 1. The van der Waals surface area contributed by atoms with Crippen LogP contribution in [-0.4, -0.2) is 12.5 Å². The summed E-state index contributed by atoms with van der Waals surface area (Å²) in [4.78, 5) is 14.7. The fourth-order valence-corrected chi connectivity index (χ4v) is 3.03. The fraction of sp³-hybridized carbons (Fsp3) is 0.208. The van der Waals surface area contributed by atoms with Gasteiger partial charge < -0.3 is 9.64 Å². The number of hydrogen-bond acceptors (Lipinski definition) is 2. The smallest absolute Gasteiger partial charge is 0.253 e. The number of benzene rings is 3. The molecule has 138 valence electrons. The van der Waals surface area contributed by atoms with E-state index in [4.69, 9.17) is 4.74 Å². The van der Waals surface area contributed by atoms with Gasteiger partial charge >= 0.3 is 0 Å². The minimum atomic E-state index is -0.0465. The van der Waals surface area contributed by atoms with E-state index in [1.165, 1.54) is 11.1 Å². The van der Waals surface area contributed by atoms with Crippen molar-refractivity contribution in [1.29, 1.82) is 0 Å². The Hall–Kier alpha value is -2.91. The van der Waals surface area contributed by atoms with E-state index in [1.807, 2.05) is 60.7 Å². The van der Waals surface area contributed by atoms with Gasteiger partial charge in [-0.25, -0.2) is 0 Å². The molecule has 0 N–H and O–H groups in total. The molecule has 27 heavy (non-hydrogen) atoms. The van der Waals surface area contributed by atoms with Gasteiger partial charge in [-0.05, 0) is 42.7 Å². The summed E-state index contributed by atoms with van der Waals surface area (Å²) in [5, 5.41) is 0. The zero-order valence-electron chi connectivity index (χ0n) is 15.9. The summed E-state index contributed by atoms with van der Waals surface area (Å²) in [6, 6.07) is 26.0. The summed E-state index contributed by atoms with van der Waals surface area (Å²) in [5.41, 5.74) is 5.49. The zero-order valence-corrected chi connectivity index (χ0v) is 15.9. The van der Waals surface area contributed by atoms with Crippen molar-refractivity contribution in [3.05, 3.63) is 101 Å². The molecule has 0 heterocycles. The summed E-state index contributed by atoms with van der Waals surface area (Å²) in [7, 11) is 0. The lowest BCUT2D eigenvalue weighted by molar-refractivity contribution is -0.123. The number of amides is 1. The maximum absolute atomic E-state index is 12.9. The Kier molecular flexibility index (Phi) is 6.39. The Labute approximate surface area is 161 Å². The third kappa shape index (κ3) is 5.28. The minimum Gasteiger partial charge on any atom is -0.367 e. The van der Waals surface area contributed by atoms with Gasteiger partial charge in [0, 0.05) is 5.69 Å². The number of ether oxygens (including phenoxy) is 1. The number of hydrogen-bond donors (Lipinski definition) is 0. The highest BCUT2D eigenvalue weighted by Crippen LogP contribution is 2.18. The number of carbonyl (C=O) groups is 1. The third-order valence-electron chi connectivity index (χ3n) is 4.53. The first-order valence-corrected chi connectivity index (χ1v) is 9.16. The number of rotatable bonds is 7. The van der Waals surface area contributed by atoms with Crippen molar-refractivity contribution in [2.45, 2.75) is 27.0 Å². The van der Waals surface area contributed by atoms with Gasteiger partial charge in [-0.1, -0.05) is 72.3 Å². The van der Waals surface area contributed by atoms with E-state index in [9.17, 15) is 4.79 Å². The van der Waals surface area contributed by atoms with Crippen LogP contribution in [0.3, 0.4) is 0 Å². The minimum absolute atomic E-state index is 0.0465. The van der Waals surface area contributed by atoms with Gasteiger partial charge in [-0.2, -0.15) is 0 Å². The second-order valence-electron chi connectivity index (χ2n) is 6.72. The quantitative estimate of drug-likeness (QED) is 0.590. The van der Waals surface area contributed by atoms with Gasteiger partial charge in [-0.15, -0.1) is 0 Å². The molecular weight excluding hydrogens is 334 g/mol. The largest absolute Gasteiger partial charge is 0.367 e. The van der Waals surface area contributed by atoms with Crippen molar-refractivity contribution in [3.8, 4) is 0 Å². The van der Waals surface area contributed by atoms with Crippen molar-refractivity contribution in [2.24, 2.45) is 0 Å². The molecule has 0 fully saturated rings. The molecule has 0 saturated carbocycles. The Morgan fingerprint density at radius 2 is 1.56 bits per heavy atom. The van der Waals surface area contributed by atoms with Gasteiger partial charge in [0.25, 0.3) is 5.91 Å². The van der Waals surface area contributed by atoms with Crippen LogP contribution in [0.25, 0.3) is 0 Å². The molecule has 3 heteroatoms. The first kappa shape index (κ1) is 18.9. The SMILES string of the molecule is Cc1ccc(COCC(=O)N(Cc2ccccc2)c2ccccc2)c(C)c1. The van der Waals surface area contributed by atoms with Crippen LogP contribution in [0.2, 0.25) is 0 Å². The topological polar surface area (TPSA) is 29.5 Å². The average Bonchev–Trinajstić information content (AvgIpc) is 2.69. The molecule has 0 spiro atoms. The van der Waals surface area contributed by atoms with Gasteiger partial charge in [0.15, 0.2) is 0 Å². The zero-order chi connectivity index (χ0) is 19.1. The second-order valence-corrected chi connectivity index (χ2v) is 6.72. The Bertz CT molecular complexity index is 875. The highest BCUT2D eigenvalue weighted by Gasteiger charge is 2.16. The lowest BCUT2D eigenvalue weighted by atomic mass is 10.1. The summed E-state index contributed by atoms with van der Waals surface area (Å²) in [5.74, 6) is -0.0465. The van der Waals surface area contributed by atoms with Crippen molar-refractivity contribution >= 4 is 11.6 Å². The molecule has 0 atom stereocenters. The van der Waals surface area contributed by atoms with E-state index in [1.54, 1.807) is 4.90 Å². The van der Waals surface area contributed by atoms with E-state index in [0.717, 1.165) is 16.8 Å². The summed E-state index contributed by atoms with van der Waals surface area (Å²) in [6.07, 6.45) is 0. The second kappa shape index (κ2) is 9.15. The van der Waals surface area contributed by atoms with Crippen molar-refractivity contribution in [3.63, 3.8) is 0 Å². The van der Waals surface area contributed by atoms with E-state index >= 15 is 0 Å². The van der Waals surface area contributed by atoms with Crippen LogP contribution in [0.15, 0.2) is 78.9 Å². The van der Waals surface area contributed by atoms with Crippen LogP contribution in [0, 0.1) is 13.8 Å². The number of para-hydroxylation sites is 1. The summed E-state index contributed by atoms with van der Waals surface area (Å²) >= 11 is 0. The molecule has 3 nitrogen and oxygen atoms in total. The van der Waals surface area contributed by atoms with Crippen LogP contribution in [0.1, 0.15) is 22.3 Å². The van der Waals surface area contributed by atoms with E-state index in [2.05, 4.69) is 32.0 Å². The molecule has 0 aromatic heterocycles. The van der Waals surface area contributed by atoms with E-state index < -0.39 is 0 Å². The van der Waals surface area contributed by atoms with Crippen molar-refractivity contribution in [2.75, 3.05) is 11.5 Å². The Balaban J connectivity index is 1.67. The number of carbonyl (C=O) groups excluding carboxylic acids is 1. The molecule has 0 aliphatic heterocycles. The highest BCUT2D eigenvalue weighted by atomic mass is 16.5. The Morgan fingerprint density at radius 3 is 2.22 bits per heavy atom. The monoisotopic (exact) mass is 359 g/mol. The standard InChI is InChI=1S/C24H25NO2/c1-19-13-14-22(20(2)15-19)17-27-18-24(26)25(23-11-7-4-8-12-23)16-21-9-5-3-6-10-21/h3-15H,16-18H2,1-2H3. The van der Waals surface area contributed by atoms with Crippen LogP contribution in [-0.2, 0) is 22.7 Å². The predicted octanol–water partition coefficient (Wildman–Crippen LogP) is 5.05. The molecule has 0 unspecified atom stereocenters. The maximum Gasteiger partial charge on any atom is 0.253 e. The lowest BCUT2D eigenvalue weighted by Crippen LogP contribution is -2.33. The third-order valence-corrected chi connectivity index (χ3v) is 4.53. The summed E-state index contributed by atoms with van der Waals surface area (Å²) in [6.45, 7) is 5.15. The van der Waals surface area contributed by atoms with Gasteiger partial charge in [0.05, 0.1) is 13.2 Å². The predicted molar refractivity (Wildman–Crippen MR) is 110 cm³/mol. The molecule has 0 saturated heterocycles. The molecule has 1 amide bonds. The maximum atomic E-state index is 12.9. The van der Waals surface area contributed by atoms with Crippen LogP contribution in [0.5, 0.6) is 0 Å². The van der Waals surface area contributed by atoms with Crippen LogP contribution >= 0.6 is 0 Å². The molecule has 3 aromatic carbocycles. The molecule has 0 bridgehead atoms. The lowest BCUT2D eigenvalue weighted by Gasteiger charge is -2.23. The molecule has 3 rings (SSSR count). The molecule has 0 radical (unpaired) electrons. The number of aryl methyl sites for hydroxylation is 2. The van der Waals surface area contributed by atoms with Crippen molar-refractivity contribution in [1.82, 2.24) is 0 Å². The molecule has 3 aromatic rings. The van der Waals surface area contributed by atoms with E-state index in [-0.39, 0.29) is 12.5 Å². The average molecular weight is 359 g/mol. The van der Waals surface area contributed by atoms with Gasteiger partial charge in [0.2, 0.25) is 0 Å². The molecular formula is C24H25NO2. The van der Waals surface area contributed by atoms with Gasteiger partial charge in [-0.3, -0.25) is 4.79 Å².